The molecule has 2 aromatic rings. The van der Waals surface area contributed by atoms with Crippen molar-refractivity contribution in [1.29, 1.82) is 0 Å². The van der Waals surface area contributed by atoms with Gasteiger partial charge in [-0.25, -0.2) is 14.0 Å². The van der Waals surface area contributed by atoms with E-state index in [-0.39, 0.29) is 11.4 Å². The highest BCUT2D eigenvalue weighted by Crippen LogP contribution is 2.24. The quantitative estimate of drug-likeness (QED) is 0.596. The lowest BCUT2D eigenvalue weighted by atomic mass is 10.1. The summed E-state index contributed by atoms with van der Waals surface area (Å²) >= 11 is 0. The maximum absolute atomic E-state index is 13.4. The third-order valence-electron chi connectivity index (χ3n) is 3.83. The summed E-state index contributed by atoms with van der Waals surface area (Å²) in [5.41, 5.74) is 1.74. The van der Waals surface area contributed by atoms with E-state index in [2.05, 4.69) is 10.3 Å². The van der Waals surface area contributed by atoms with Gasteiger partial charge in [-0.15, -0.1) is 0 Å². The normalized spacial score (nSPS) is 11.6. The molecule has 4 N–H and O–H groups in total. The highest BCUT2D eigenvalue weighted by molar-refractivity contribution is 6.02. The largest absolute Gasteiger partial charge is 0.451 e. The zero-order chi connectivity index (χ0) is 20.1. The number of halogens is 1. The number of para-hydroxylation sites is 1. The molecule has 0 unspecified atom stereocenters. The van der Waals surface area contributed by atoms with Crippen molar-refractivity contribution in [3.05, 3.63) is 52.6 Å². The first-order valence-corrected chi connectivity index (χ1v) is 8.10. The van der Waals surface area contributed by atoms with E-state index in [0.29, 0.717) is 16.8 Å². The van der Waals surface area contributed by atoms with E-state index in [9.17, 15) is 23.9 Å². The second-order valence-corrected chi connectivity index (χ2v) is 5.90. The molecule has 0 aliphatic carbocycles. The van der Waals surface area contributed by atoms with Crippen LogP contribution in [0.5, 0.6) is 0 Å². The number of aromatic amines is 1. The number of H-pyrrole nitrogens is 1. The standard InChI is InChI=1S/C18H20FN3O5/c1-9-15(11(3)23)10(2)20-16(9)17(25)27-8-14(24)22-18(26)21-13-7-5-4-6-12(13)19/h4-7,11,20,23H,8H2,1-3H3,(H2,21,22,24,26)/t11-/m1/s1. The van der Waals surface area contributed by atoms with Gasteiger partial charge in [-0.2, -0.15) is 0 Å². The molecule has 0 saturated heterocycles. The summed E-state index contributed by atoms with van der Waals surface area (Å²) in [5.74, 6) is -2.33. The Morgan fingerprint density at radius 3 is 2.52 bits per heavy atom. The second-order valence-electron chi connectivity index (χ2n) is 5.90. The van der Waals surface area contributed by atoms with Gasteiger partial charge in [0.1, 0.15) is 11.5 Å². The number of amides is 3. The van der Waals surface area contributed by atoms with Gasteiger partial charge in [-0.05, 0) is 38.5 Å². The number of aliphatic hydroxyl groups excluding tert-OH is 1. The van der Waals surface area contributed by atoms with Crippen LogP contribution in [0.4, 0.5) is 14.9 Å². The second kappa shape index (κ2) is 8.45. The smallest absolute Gasteiger partial charge is 0.355 e. The van der Waals surface area contributed by atoms with E-state index in [1.165, 1.54) is 18.2 Å². The number of anilines is 1. The average molecular weight is 377 g/mol. The minimum Gasteiger partial charge on any atom is -0.451 e. The van der Waals surface area contributed by atoms with Crippen molar-refractivity contribution in [2.24, 2.45) is 0 Å². The van der Waals surface area contributed by atoms with E-state index in [0.717, 1.165) is 6.07 Å². The molecule has 0 spiro atoms. The van der Waals surface area contributed by atoms with Crippen LogP contribution >= 0.6 is 0 Å². The van der Waals surface area contributed by atoms with Gasteiger partial charge in [-0.1, -0.05) is 12.1 Å². The van der Waals surface area contributed by atoms with E-state index < -0.39 is 36.4 Å². The molecule has 0 aliphatic heterocycles. The van der Waals surface area contributed by atoms with Crippen LogP contribution in [-0.4, -0.2) is 34.6 Å². The van der Waals surface area contributed by atoms with Crippen LogP contribution < -0.4 is 10.6 Å². The van der Waals surface area contributed by atoms with Crippen LogP contribution in [0.25, 0.3) is 0 Å². The van der Waals surface area contributed by atoms with Crippen molar-refractivity contribution in [1.82, 2.24) is 10.3 Å². The number of carbonyl (C=O) groups is 3. The number of ether oxygens (including phenoxy) is 1. The first-order chi connectivity index (χ1) is 12.7. The zero-order valence-electron chi connectivity index (χ0n) is 15.1. The van der Waals surface area contributed by atoms with E-state index in [1.807, 2.05) is 5.32 Å². The van der Waals surface area contributed by atoms with E-state index in [1.54, 1.807) is 20.8 Å². The fourth-order valence-corrected chi connectivity index (χ4v) is 2.68. The predicted octanol–water partition coefficient (Wildman–Crippen LogP) is 2.33. The summed E-state index contributed by atoms with van der Waals surface area (Å²) < 4.78 is 18.3. The van der Waals surface area contributed by atoms with Crippen LogP contribution in [0, 0.1) is 19.7 Å². The maximum Gasteiger partial charge on any atom is 0.355 e. The maximum atomic E-state index is 13.4. The van der Waals surface area contributed by atoms with Gasteiger partial charge >= 0.3 is 12.0 Å². The van der Waals surface area contributed by atoms with Crippen molar-refractivity contribution in [2.75, 3.05) is 11.9 Å². The summed E-state index contributed by atoms with van der Waals surface area (Å²) in [6, 6.07) is 4.50. The van der Waals surface area contributed by atoms with Crippen LogP contribution in [0.3, 0.4) is 0 Å². The van der Waals surface area contributed by atoms with E-state index in [4.69, 9.17) is 4.74 Å². The highest BCUT2D eigenvalue weighted by atomic mass is 19.1. The fourth-order valence-electron chi connectivity index (χ4n) is 2.68. The van der Waals surface area contributed by atoms with Crippen molar-refractivity contribution >= 4 is 23.6 Å². The first kappa shape index (κ1) is 20.1. The molecule has 0 bridgehead atoms. The van der Waals surface area contributed by atoms with Crippen LogP contribution in [0.2, 0.25) is 0 Å². The summed E-state index contributed by atoms with van der Waals surface area (Å²) in [6.07, 6.45) is -0.770. The Kier molecular flexibility index (Phi) is 6.30. The fraction of sp³-hybridized carbons (Fsp3) is 0.278. The summed E-state index contributed by atoms with van der Waals surface area (Å²) in [6.45, 7) is 4.21. The molecule has 27 heavy (non-hydrogen) atoms. The van der Waals surface area contributed by atoms with Gasteiger partial charge < -0.3 is 20.1 Å². The molecular formula is C18H20FN3O5. The number of nitrogens with one attached hydrogen (secondary N) is 3. The zero-order valence-corrected chi connectivity index (χ0v) is 15.1. The number of urea groups is 1. The molecule has 144 valence electrons. The molecule has 1 aromatic heterocycles. The monoisotopic (exact) mass is 377 g/mol. The van der Waals surface area contributed by atoms with Gasteiger partial charge in [-0.3, -0.25) is 10.1 Å². The number of hydrogen-bond acceptors (Lipinski definition) is 5. The molecule has 0 radical (unpaired) electrons. The molecule has 0 aliphatic rings. The molecule has 0 saturated carbocycles. The van der Waals surface area contributed by atoms with Crippen molar-refractivity contribution in [2.45, 2.75) is 26.9 Å². The lowest BCUT2D eigenvalue weighted by Gasteiger charge is -2.08. The van der Waals surface area contributed by atoms with Crippen molar-refractivity contribution in [3.8, 4) is 0 Å². The molecule has 1 heterocycles. The number of hydrogen-bond donors (Lipinski definition) is 4. The molecule has 9 heteroatoms. The molecule has 8 nitrogen and oxygen atoms in total. The Balaban J connectivity index is 1.90. The Morgan fingerprint density at radius 2 is 1.93 bits per heavy atom. The number of aromatic nitrogens is 1. The Morgan fingerprint density at radius 1 is 1.26 bits per heavy atom. The summed E-state index contributed by atoms with van der Waals surface area (Å²) in [7, 11) is 0. The molecule has 1 aromatic carbocycles. The number of rotatable bonds is 5. The van der Waals surface area contributed by atoms with Crippen LogP contribution in [-0.2, 0) is 9.53 Å². The van der Waals surface area contributed by atoms with Crippen LogP contribution in [0.1, 0.15) is 40.3 Å². The number of esters is 1. The Bertz CT molecular complexity index is 876. The minimum absolute atomic E-state index is 0.0945. The number of benzene rings is 1. The number of imide groups is 1. The minimum atomic E-state index is -0.954. The molecule has 2 rings (SSSR count). The summed E-state index contributed by atoms with van der Waals surface area (Å²) in [5, 5.41) is 13.8. The summed E-state index contributed by atoms with van der Waals surface area (Å²) in [4.78, 5) is 38.3. The van der Waals surface area contributed by atoms with Crippen molar-refractivity contribution < 1.29 is 28.6 Å². The number of aryl methyl sites for hydroxylation is 1. The van der Waals surface area contributed by atoms with Crippen LogP contribution in [0.15, 0.2) is 24.3 Å². The van der Waals surface area contributed by atoms with Gasteiger partial charge in [0.15, 0.2) is 6.61 Å². The Labute approximate surface area is 154 Å². The first-order valence-electron chi connectivity index (χ1n) is 8.10. The topological polar surface area (TPSA) is 121 Å². The third-order valence-corrected chi connectivity index (χ3v) is 3.83. The predicted molar refractivity (Wildman–Crippen MR) is 94.7 cm³/mol. The van der Waals surface area contributed by atoms with Gasteiger partial charge in [0, 0.05) is 11.3 Å². The molecule has 0 fully saturated rings. The average Bonchev–Trinajstić information content (AvgIpc) is 2.89. The molecule has 1 atom stereocenters. The van der Waals surface area contributed by atoms with E-state index >= 15 is 0 Å². The van der Waals surface area contributed by atoms with Gasteiger partial charge in [0.05, 0.1) is 11.8 Å². The SMILES string of the molecule is Cc1[nH]c(C(=O)OCC(=O)NC(=O)Nc2ccccc2F)c(C)c1[C@@H](C)O. The van der Waals surface area contributed by atoms with Gasteiger partial charge in [0.25, 0.3) is 5.91 Å². The van der Waals surface area contributed by atoms with Gasteiger partial charge in [0.2, 0.25) is 0 Å². The van der Waals surface area contributed by atoms with Crippen molar-refractivity contribution in [3.63, 3.8) is 0 Å². The third kappa shape index (κ3) is 4.91. The lowest BCUT2D eigenvalue weighted by Crippen LogP contribution is -2.37. The lowest BCUT2D eigenvalue weighted by molar-refractivity contribution is -0.123. The molecular weight excluding hydrogens is 357 g/mol. The number of carbonyl (C=O) groups excluding carboxylic acids is 3. The highest BCUT2D eigenvalue weighted by Gasteiger charge is 2.22. The Hall–Kier alpha value is -3.20. The number of aliphatic hydroxyl groups is 1. The molecule has 3 amide bonds.